The Kier molecular flexibility index (Phi) is 5.44. The predicted molar refractivity (Wildman–Crippen MR) is 63.4 cm³/mol. The molecule has 0 radical (unpaired) electrons. The van der Waals surface area contributed by atoms with Gasteiger partial charge in [0.05, 0.1) is 0 Å². The molecule has 0 nitrogen and oxygen atoms in total. The molecule has 0 saturated heterocycles. The van der Waals surface area contributed by atoms with Gasteiger partial charge in [0.2, 0.25) is 0 Å². The van der Waals surface area contributed by atoms with Crippen molar-refractivity contribution in [3.05, 3.63) is 35.4 Å². The minimum Gasteiger partial charge on any atom is -0.207 e. The van der Waals surface area contributed by atoms with E-state index in [9.17, 15) is 8.78 Å². The van der Waals surface area contributed by atoms with E-state index in [1.807, 2.05) is 0 Å². The van der Waals surface area contributed by atoms with Crippen LogP contribution in [0.2, 0.25) is 0 Å². The maximum absolute atomic E-state index is 13.4. The van der Waals surface area contributed by atoms with Gasteiger partial charge in [0.25, 0.3) is 0 Å². The van der Waals surface area contributed by atoms with Gasteiger partial charge in [-0.05, 0) is 24.5 Å². The average molecular weight is 226 g/mol. The van der Waals surface area contributed by atoms with E-state index in [-0.39, 0.29) is 5.56 Å². The van der Waals surface area contributed by atoms with Crippen molar-refractivity contribution in [1.82, 2.24) is 0 Å². The summed E-state index contributed by atoms with van der Waals surface area (Å²) >= 11 is 0. The van der Waals surface area contributed by atoms with Gasteiger partial charge < -0.3 is 0 Å². The summed E-state index contributed by atoms with van der Waals surface area (Å²) in [4.78, 5) is 0. The molecule has 2 heteroatoms. The van der Waals surface area contributed by atoms with Gasteiger partial charge in [0.15, 0.2) is 0 Å². The van der Waals surface area contributed by atoms with Crippen molar-refractivity contribution in [3.63, 3.8) is 0 Å². The topological polar surface area (TPSA) is 0 Å². The van der Waals surface area contributed by atoms with Crippen LogP contribution in [0, 0.1) is 17.6 Å². The first-order valence-corrected chi connectivity index (χ1v) is 6.11. The molecular formula is C14H20F2. The Hall–Kier alpha value is -0.920. The van der Waals surface area contributed by atoms with E-state index >= 15 is 0 Å². The molecule has 0 aliphatic rings. The highest BCUT2D eigenvalue weighted by Crippen LogP contribution is 2.22. The van der Waals surface area contributed by atoms with Crippen molar-refractivity contribution in [2.24, 2.45) is 5.92 Å². The van der Waals surface area contributed by atoms with Crippen LogP contribution < -0.4 is 0 Å². The van der Waals surface area contributed by atoms with Gasteiger partial charge in [-0.25, -0.2) is 8.78 Å². The van der Waals surface area contributed by atoms with Gasteiger partial charge in [0.1, 0.15) is 11.6 Å². The SMILES string of the molecule is CCCCC(CC)Cc1c(F)cccc1F. The minimum absolute atomic E-state index is 0.255. The van der Waals surface area contributed by atoms with Crippen LogP contribution in [0.25, 0.3) is 0 Å². The molecule has 0 heterocycles. The summed E-state index contributed by atoms with van der Waals surface area (Å²) in [6.07, 6.45) is 4.83. The fourth-order valence-electron chi connectivity index (χ4n) is 1.96. The molecule has 1 rings (SSSR count). The molecule has 0 bridgehead atoms. The van der Waals surface area contributed by atoms with Gasteiger partial charge in [-0.15, -0.1) is 0 Å². The van der Waals surface area contributed by atoms with Crippen molar-refractivity contribution in [2.75, 3.05) is 0 Å². The Morgan fingerprint density at radius 3 is 2.25 bits per heavy atom. The van der Waals surface area contributed by atoms with Crippen molar-refractivity contribution in [1.29, 1.82) is 0 Å². The number of unbranched alkanes of at least 4 members (excludes halogenated alkanes) is 1. The Morgan fingerprint density at radius 1 is 1.12 bits per heavy atom. The van der Waals surface area contributed by atoms with E-state index in [1.54, 1.807) is 0 Å². The summed E-state index contributed by atoms with van der Waals surface area (Å²) in [6.45, 7) is 4.22. The lowest BCUT2D eigenvalue weighted by Gasteiger charge is -2.15. The van der Waals surface area contributed by atoms with Crippen molar-refractivity contribution in [3.8, 4) is 0 Å². The summed E-state index contributed by atoms with van der Waals surface area (Å²) in [7, 11) is 0. The number of halogens is 2. The molecule has 0 aliphatic carbocycles. The molecule has 0 N–H and O–H groups in total. The number of rotatable bonds is 6. The summed E-state index contributed by atoms with van der Waals surface area (Å²) in [6, 6.07) is 4.09. The second-order valence-electron chi connectivity index (χ2n) is 4.32. The first-order chi connectivity index (χ1) is 7.69. The molecule has 16 heavy (non-hydrogen) atoms. The van der Waals surface area contributed by atoms with E-state index in [1.165, 1.54) is 18.2 Å². The lowest BCUT2D eigenvalue weighted by Crippen LogP contribution is -2.07. The van der Waals surface area contributed by atoms with Crippen LogP contribution >= 0.6 is 0 Å². The van der Waals surface area contributed by atoms with E-state index < -0.39 is 11.6 Å². The molecule has 0 fully saturated rings. The minimum atomic E-state index is -0.407. The molecule has 0 spiro atoms. The second-order valence-corrected chi connectivity index (χ2v) is 4.32. The number of hydrogen-bond acceptors (Lipinski definition) is 0. The van der Waals surface area contributed by atoms with E-state index in [0.717, 1.165) is 25.7 Å². The van der Waals surface area contributed by atoms with Gasteiger partial charge >= 0.3 is 0 Å². The zero-order valence-corrected chi connectivity index (χ0v) is 10.1. The van der Waals surface area contributed by atoms with Crippen LogP contribution in [0.4, 0.5) is 8.78 Å². The van der Waals surface area contributed by atoms with E-state index in [2.05, 4.69) is 13.8 Å². The smallest absolute Gasteiger partial charge is 0.129 e. The molecule has 0 saturated carbocycles. The van der Waals surface area contributed by atoms with Gasteiger partial charge in [0, 0.05) is 5.56 Å². The monoisotopic (exact) mass is 226 g/mol. The summed E-state index contributed by atoms with van der Waals surface area (Å²) in [5.41, 5.74) is 0.255. The van der Waals surface area contributed by atoms with Crippen LogP contribution in [0.15, 0.2) is 18.2 Å². The van der Waals surface area contributed by atoms with E-state index in [4.69, 9.17) is 0 Å². The maximum Gasteiger partial charge on any atom is 0.129 e. The lowest BCUT2D eigenvalue weighted by atomic mass is 9.91. The van der Waals surface area contributed by atoms with Crippen LogP contribution in [0.5, 0.6) is 0 Å². The number of hydrogen-bond donors (Lipinski definition) is 0. The third kappa shape index (κ3) is 3.58. The van der Waals surface area contributed by atoms with Crippen LogP contribution in [-0.2, 0) is 6.42 Å². The normalized spacial score (nSPS) is 12.8. The molecule has 0 aromatic heterocycles. The maximum atomic E-state index is 13.4. The highest BCUT2D eigenvalue weighted by Gasteiger charge is 2.13. The fraction of sp³-hybridized carbons (Fsp3) is 0.571. The third-order valence-electron chi connectivity index (χ3n) is 3.10. The molecule has 1 aromatic rings. The van der Waals surface area contributed by atoms with Crippen LogP contribution in [0.3, 0.4) is 0 Å². The average Bonchev–Trinajstić information content (AvgIpc) is 2.28. The lowest BCUT2D eigenvalue weighted by molar-refractivity contribution is 0.428. The highest BCUT2D eigenvalue weighted by molar-refractivity contribution is 5.20. The first kappa shape index (κ1) is 13.1. The van der Waals surface area contributed by atoms with Crippen molar-refractivity contribution < 1.29 is 8.78 Å². The molecular weight excluding hydrogens is 206 g/mol. The highest BCUT2D eigenvalue weighted by atomic mass is 19.1. The van der Waals surface area contributed by atoms with Crippen molar-refractivity contribution in [2.45, 2.75) is 46.0 Å². The van der Waals surface area contributed by atoms with Crippen molar-refractivity contribution >= 4 is 0 Å². The van der Waals surface area contributed by atoms with Gasteiger partial charge in [-0.1, -0.05) is 45.6 Å². The van der Waals surface area contributed by atoms with Crippen LogP contribution in [-0.4, -0.2) is 0 Å². The standard InChI is InChI=1S/C14H20F2/c1-3-5-7-11(4-2)10-12-13(15)8-6-9-14(12)16/h6,8-9,11H,3-5,7,10H2,1-2H3. The summed E-state index contributed by atoms with van der Waals surface area (Å²) < 4.78 is 26.9. The van der Waals surface area contributed by atoms with E-state index in [0.29, 0.717) is 12.3 Å². The first-order valence-electron chi connectivity index (χ1n) is 6.11. The molecule has 1 aromatic carbocycles. The third-order valence-corrected chi connectivity index (χ3v) is 3.10. The molecule has 1 unspecified atom stereocenters. The Morgan fingerprint density at radius 2 is 1.75 bits per heavy atom. The largest absolute Gasteiger partial charge is 0.207 e. The fourth-order valence-corrected chi connectivity index (χ4v) is 1.96. The summed E-state index contributed by atoms with van der Waals surface area (Å²) in [5, 5.41) is 0. The van der Waals surface area contributed by atoms with Crippen LogP contribution in [0.1, 0.15) is 45.1 Å². The Labute approximate surface area is 96.7 Å². The molecule has 0 aliphatic heterocycles. The quantitative estimate of drug-likeness (QED) is 0.658. The molecule has 90 valence electrons. The molecule has 0 amide bonds. The Balaban J connectivity index is 2.69. The second kappa shape index (κ2) is 6.62. The zero-order chi connectivity index (χ0) is 12.0. The zero-order valence-electron chi connectivity index (χ0n) is 10.1. The Bertz CT molecular complexity index is 300. The summed E-state index contributed by atoms with van der Waals surface area (Å²) in [5.74, 6) is -0.420. The molecule has 1 atom stereocenters. The number of benzene rings is 1. The van der Waals surface area contributed by atoms with Gasteiger partial charge in [-0.3, -0.25) is 0 Å². The van der Waals surface area contributed by atoms with Gasteiger partial charge in [-0.2, -0.15) is 0 Å². The predicted octanol–water partition coefficient (Wildman–Crippen LogP) is 4.72.